The second-order valence-corrected chi connectivity index (χ2v) is 5.30. The highest BCUT2D eigenvalue weighted by molar-refractivity contribution is 6.08. The van der Waals surface area contributed by atoms with E-state index in [0.717, 1.165) is 18.5 Å². The SMILES string of the molecule is Cc1ccc2c(c1)CCCN2C(=O)c1nn(C)cc1N. The zero-order valence-corrected chi connectivity index (χ0v) is 11.8. The number of fused-ring (bicyclic) bond motifs is 1. The predicted octanol–water partition coefficient (Wildman–Crippen LogP) is 1.90. The maximum atomic E-state index is 12.7. The zero-order chi connectivity index (χ0) is 14.3. The van der Waals surface area contributed by atoms with E-state index in [1.165, 1.54) is 11.1 Å². The van der Waals surface area contributed by atoms with Gasteiger partial charge in [0, 0.05) is 25.5 Å². The molecule has 3 rings (SSSR count). The molecule has 2 heterocycles. The third-order valence-corrected chi connectivity index (χ3v) is 3.66. The van der Waals surface area contributed by atoms with Gasteiger partial charge < -0.3 is 10.6 Å². The first kappa shape index (κ1) is 12.7. The van der Waals surface area contributed by atoms with Crippen molar-refractivity contribution in [2.75, 3.05) is 17.2 Å². The van der Waals surface area contributed by atoms with Crippen LogP contribution in [0.3, 0.4) is 0 Å². The van der Waals surface area contributed by atoms with Crippen LogP contribution in [0.2, 0.25) is 0 Å². The Bertz CT molecular complexity index is 675. The topological polar surface area (TPSA) is 64.2 Å². The van der Waals surface area contributed by atoms with Crippen LogP contribution in [0.15, 0.2) is 24.4 Å². The van der Waals surface area contributed by atoms with Crippen molar-refractivity contribution < 1.29 is 4.79 Å². The number of amides is 1. The third-order valence-electron chi connectivity index (χ3n) is 3.66. The number of nitrogen functional groups attached to an aromatic ring is 1. The van der Waals surface area contributed by atoms with Gasteiger partial charge in [-0.2, -0.15) is 5.10 Å². The predicted molar refractivity (Wildman–Crippen MR) is 78.8 cm³/mol. The molecule has 0 fully saturated rings. The molecule has 5 nitrogen and oxygen atoms in total. The van der Waals surface area contributed by atoms with E-state index in [-0.39, 0.29) is 5.91 Å². The van der Waals surface area contributed by atoms with Gasteiger partial charge in [-0.1, -0.05) is 17.7 Å². The second-order valence-electron chi connectivity index (χ2n) is 5.30. The van der Waals surface area contributed by atoms with Gasteiger partial charge >= 0.3 is 0 Å². The number of nitrogens with zero attached hydrogens (tertiary/aromatic N) is 3. The summed E-state index contributed by atoms with van der Waals surface area (Å²) in [7, 11) is 1.76. The van der Waals surface area contributed by atoms with Crippen molar-refractivity contribution in [1.82, 2.24) is 9.78 Å². The number of carbonyl (C=O) groups excluding carboxylic acids is 1. The van der Waals surface area contributed by atoms with Crippen molar-refractivity contribution in [2.24, 2.45) is 7.05 Å². The van der Waals surface area contributed by atoms with Crippen LogP contribution in [0.1, 0.15) is 28.0 Å². The number of hydrogen-bond donors (Lipinski definition) is 1. The number of carbonyl (C=O) groups is 1. The normalized spacial score (nSPS) is 14.2. The number of rotatable bonds is 1. The minimum atomic E-state index is -0.118. The van der Waals surface area contributed by atoms with Crippen LogP contribution in [0.4, 0.5) is 11.4 Å². The lowest BCUT2D eigenvalue weighted by molar-refractivity contribution is 0.0980. The van der Waals surface area contributed by atoms with Crippen molar-refractivity contribution in [3.05, 3.63) is 41.2 Å². The smallest absolute Gasteiger partial charge is 0.280 e. The number of hydrogen-bond acceptors (Lipinski definition) is 3. The highest BCUT2D eigenvalue weighted by Gasteiger charge is 2.26. The molecule has 1 aromatic heterocycles. The Balaban J connectivity index is 2.00. The molecule has 1 aliphatic heterocycles. The molecular formula is C15H18N4O. The zero-order valence-electron chi connectivity index (χ0n) is 11.8. The summed E-state index contributed by atoms with van der Waals surface area (Å²) in [6.45, 7) is 2.78. The molecule has 2 N–H and O–H groups in total. The van der Waals surface area contributed by atoms with Crippen LogP contribution in [-0.4, -0.2) is 22.2 Å². The molecule has 20 heavy (non-hydrogen) atoms. The number of nitrogens with two attached hydrogens (primary N) is 1. The molecule has 1 aliphatic rings. The van der Waals surface area contributed by atoms with Crippen LogP contribution < -0.4 is 10.6 Å². The molecule has 104 valence electrons. The quantitative estimate of drug-likeness (QED) is 0.860. The van der Waals surface area contributed by atoms with Gasteiger partial charge in [-0.15, -0.1) is 0 Å². The Kier molecular flexibility index (Phi) is 2.97. The van der Waals surface area contributed by atoms with Gasteiger partial charge in [0.05, 0.1) is 5.69 Å². The largest absolute Gasteiger partial charge is 0.396 e. The molecule has 0 aliphatic carbocycles. The fourth-order valence-corrected chi connectivity index (χ4v) is 2.74. The minimum Gasteiger partial charge on any atom is -0.396 e. The summed E-state index contributed by atoms with van der Waals surface area (Å²) in [5, 5.41) is 4.18. The molecule has 0 spiro atoms. The average Bonchev–Trinajstić information content (AvgIpc) is 2.76. The van der Waals surface area contributed by atoms with E-state index in [1.54, 1.807) is 22.8 Å². The molecule has 0 unspecified atom stereocenters. The molecule has 0 radical (unpaired) electrons. The summed E-state index contributed by atoms with van der Waals surface area (Å²) in [4.78, 5) is 14.4. The first-order chi connectivity index (χ1) is 9.56. The van der Waals surface area contributed by atoms with E-state index in [4.69, 9.17) is 5.73 Å². The van der Waals surface area contributed by atoms with Crippen LogP contribution >= 0.6 is 0 Å². The van der Waals surface area contributed by atoms with Gasteiger partial charge in [-0.05, 0) is 31.4 Å². The molecule has 1 aromatic carbocycles. The molecule has 5 heteroatoms. The van der Waals surface area contributed by atoms with Gasteiger partial charge in [-0.3, -0.25) is 9.48 Å². The Morgan fingerprint density at radius 3 is 2.90 bits per heavy atom. The van der Waals surface area contributed by atoms with Crippen molar-refractivity contribution >= 4 is 17.3 Å². The maximum absolute atomic E-state index is 12.7. The van der Waals surface area contributed by atoms with Crippen molar-refractivity contribution in [3.8, 4) is 0 Å². The molecule has 0 atom stereocenters. The number of aromatic nitrogens is 2. The van der Waals surface area contributed by atoms with Crippen molar-refractivity contribution in [1.29, 1.82) is 0 Å². The molecule has 0 bridgehead atoms. The summed E-state index contributed by atoms with van der Waals surface area (Å²) in [6.07, 6.45) is 3.64. The van der Waals surface area contributed by atoms with Crippen molar-refractivity contribution in [3.63, 3.8) is 0 Å². The van der Waals surface area contributed by atoms with Crippen LogP contribution in [0, 0.1) is 6.92 Å². The van der Waals surface area contributed by atoms with Crippen LogP contribution in [0.5, 0.6) is 0 Å². The number of aryl methyl sites for hydroxylation is 3. The van der Waals surface area contributed by atoms with Crippen LogP contribution in [0.25, 0.3) is 0 Å². The van der Waals surface area contributed by atoms with E-state index in [9.17, 15) is 4.79 Å². The van der Waals surface area contributed by atoms with Gasteiger partial charge in [-0.25, -0.2) is 0 Å². The third kappa shape index (κ3) is 2.05. The van der Waals surface area contributed by atoms with E-state index in [1.807, 2.05) is 12.1 Å². The molecule has 0 saturated carbocycles. The average molecular weight is 270 g/mol. The second kappa shape index (κ2) is 4.67. The van der Waals surface area contributed by atoms with Gasteiger partial charge in [0.15, 0.2) is 5.69 Å². The lowest BCUT2D eigenvalue weighted by Crippen LogP contribution is -2.36. The molecular weight excluding hydrogens is 252 g/mol. The Hall–Kier alpha value is -2.30. The summed E-state index contributed by atoms with van der Waals surface area (Å²) < 4.78 is 1.57. The summed E-state index contributed by atoms with van der Waals surface area (Å²) in [6, 6.07) is 6.20. The fraction of sp³-hybridized carbons (Fsp3) is 0.333. The molecule has 0 saturated heterocycles. The Morgan fingerprint density at radius 1 is 1.40 bits per heavy atom. The van der Waals surface area contributed by atoms with E-state index in [2.05, 4.69) is 18.1 Å². The van der Waals surface area contributed by atoms with Crippen LogP contribution in [-0.2, 0) is 13.5 Å². The number of benzene rings is 1. The first-order valence-electron chi connectivity index (χ1n) is 6.77. The summed E-state index contributed by atoms with van der Waals surface area (Å²) in [5.74, 6) is -0.118. The monoisotopic (exact) mass is 270 g/mol. The Morgan fingerprint density at radius 2 is 2.20 bits per heavy atom. The Labute approximate surface area is 118 Å². The minimum absolute atomic E-state index is 0.118. The van der Waals surface area contributed by atoms with Crippen molar-refractivity contribution in [2.45, 2.75) is 19.8 Å². The van der Waals surface area contributed by atoms with Gasteiger partial charge in [0.25, 0.3) is 5.91 Å². The lowest BCUT2D eigenvalue weighted by Gasteiger charge is -2.29. The molecule has 1 amide bonds. The highest BCUT2D eigenvalue weighted by Crippen LogP contribution is 2.29. The van der Waals surface area contributed by atoms with Gasteiger partial charge in [0.2, 0.25) is 0 Å². The summed E-state index contributed by atoms with van der Waals surface area (Å²) >= 11 is 0. The van der Waals surface area contributed by atoms with Gasteiger partial charge in [0.1, 0.15) is 0 Å². The van der Waals surface area contributed by atoms with E-state index >= 15 is 0 Å². The number of anilines is 2. The highest BCUT2D eigenvalue weighted by atomic mass is 16.2. The molecule has 2 aromatic rings. The fourth-order valence-electron chi connectivity index (χ4n) is 2.74. The maximum Gasteiger partial charge on any atom is 0.280 e. The summed E-state index contributed by atoms with van der Waals surface area (Å²) in [5.41, 5.74) is 10.0. The van der Waals surface area contributed by atoms with E-state index in [0.29, 0.717) is 17.9 Å². The standard InChI is InChI=1S/C15H18N4O/c1-10-5-6-13-11(8-10)4-3-7-19(13)15(20)14-12(16)9-18(2)17-14/h5-6,8-9H,3-4,7,16H2,1-2H3. The first-order valence-corrected chi connectivity index (χ1v) is 6.77. The van der Waals surface area contributed by atoms with E-state index < -0.39 is 0 Å². The lowest BCUT2D eigenvalue weighted by atomic mass is 9.99.